The number of guanidine groups is 1. The van der Waals surface area contributed by atoms with Gasteiger partial charge in [-0.1, -0.05) is 19.3 Å². The molecule has 0 radical (unpaired) electrons. The van der Waals surface area contributed by atoms with Gasteiger partial charge in [0.15, 0.2) is 5.96 Å². The summed E-state index contributed by atoms with van der Waals surface area (Å²) in [5.74, 6) is 1.00. The van der Waals surface area contributed by atoms with Crippen LogP contribution in [-0.4, -0.2) is 85.5 Å². The van der Waals surface area contributed by atoms with E-state index in [1.165, 1.54) is 44.9 Å². The van der Waals surface area contributed by atoms with Crippen molar-refractivity contribution in [2.45, 2.75) is 57.0 Å². The molecule has 1 amide bonds. The number of nitrogens with zero attached hydrogens (tertiary/aromatic N) is 4. The fraction of sp³-hybridized carbons (Fsp3) is 0.889. The highest BCUT2D eigenvalue weighted by Crippen LogP contribution is 2.24. The summed E-state index contributed by atoms with van der Waals surface area (Å²) in [4.78, 5) is 23.1. The Morgan fingerprint density at radius 3 is 2.24 bits per heavy atom. The molecule has 0 aromatic carbocycles. The van der Waals surface area contributed by atoms with Gasteiger partial charge in [-0.05, 0) is 25.7 Å². The summed E-state index contributed by atoms with van der Waals surface area (Å²) in [6.07, 6.45) is 9.40. The molecule has 1 aliphatic heterocycles. The monoisotopic (exact) mass is 463 g/mol. The van der Waals surface area contributed by atoms with Crippen LogP contribution in [0.5, 0.6) is 0 Å². The van der Waals surface area contributed by atoms with E-state index in [0.29, 0.717) is 6.04 Å². The quantitative estimate of drug-likeness (QED) is 0.392. The molecule has 0 spiro atoms. The average Bonchev–Trinajstić information content (AvgIpc) is 3.43. The van der Waals surface area contributed by atoms with Crippen molar-refractivity contribution in [1.82, 2.24) is 20.0 Å². The van der Waals surface area contributed by atoms with Gasteiger partial charge in [-0.25, -0.2) is 4.99 Å². The second kappa shape index (κ2) is 9.94. The SMILES string of the molecule is CN(C)C(=O)CN=C(NC1CC1)N1CCN(C2CCCCC2)CC1.I. The minimum absolute atomic E-state index is 0. The lowest BCUT2D eigenvalue weighted by Crippen LogP contribution is -2.55. The van der Waals surface area contributed by atoms with Gasteiger partial charge in [0.05, 0.1) is 0 Å². The minimum atomic E-state index is 0. The molecule has 1 saturated heterocycles. The van der Waals surface area contributed by atoms with E-state index in [2.05, 4.69) is 20.1 Å². The van der Waals surface area contributed by atoms with Crippen LogP contribution >= 0.6 is 24.0 Å². The van der Waals surface area contributed by atoms with Crippen LogP contribution in [-0.2, 0) is 4.79 Å². The number of piperazine rings is 1. The molecule has 6 nitrogen and oxygen atoms in total. The maximum absolute atomic E-state index is 11.9. The highest BCUT2D eigenvalue weighted by Gasteiger charge is 2.29. The normalized spacial score (nSPS) is 23.1. The highest BCUT2D eigenvalue weighted by molar-refractivity contribution is 14.0. The van der Waals surface area contributed by atoms with Crippen LogP contribution in [0.1, 0.15) is 44.9 Å². The van der Waals surface area contributed by atoms with Gasteiger partial charge in [0.2, 0.25) is 5.91 Å². The second-order valence-electron chi connectivity index (χ2n) is 7.66. The Morgan fingerprint density at radius 1 is 1.04 bits per heavy atom. The maximum Gasteiger partial charge on any atom is 0.243 e. The smallest absolute Gasteiger partial charge is 0.243 e. The molecule has 1 N–H and O–H groups in total. The third-order valence-electron chi connectivity index (χ3n) is 5.48. The summed E-state index contributed by atoms with van der Waals surface area (Å²) < 4.78 is 0. The zero-order chi connectivity index (χ0) is 16.9. The van der Waals surface area contributed by atoms with Crippen LogP contribution in [0, 0.1) is 0 Å². The number of nitrogens with one attached hydrogen (secondary N) is 1. The van der Waals surface area contributed by atoms with E-state index >= 15 is 0 Å². The molecule has 7 heteroatoms. The van der Waals surface area contributed by atoms with Crippen molar-refractivity contribution in [3.63, 3.8) is 0 Å². The summed E-state index contributed by atoms with van der Waals surface area (Å²) in [5, 5.41) is 3.54. The maximum atomic E-state index is 11.9. The molecule has 3 fully saturated rings. The number of likely N-dealkylation sites (N-methyl/N-ethyl adjacent to an activating group) is 1. The van der Waals surface area contributed by atoms with E-state index in [1.54, 1.807) is 19.0 Å². The van der Waals surface area contributed by atoms with E-state index in [4.69, 9.17) is 0 Å². The van der Waals surface area contributed by atoms with Crippen LogP contribution in [0.25, 0.3) is 0 Å². The molecule has 3 aliphatic rings. The molecule has 0 bridgehead atoms. The molecular formula is C18H34IN5O. The first-order valence-electron chi connectivity index (χ1n) is 9.63. The van der Waals surface area contributed by atoms with Crippen molar-refractivity contribution in [3.05, 3.63) is 0 Å². The molecule has 0 atom stereocenters. The second-order valence-corrected chi connectivity index (χ2v) is 7.66. The largest absolute Gasteiger partial charge is 0.353 e. The summed E-state index contributed by atoms with van der Waals surface area (Å²) >= 11 is 0. The van der Waals surface area contributed by atoms with Crippen molar-refractivity contribution in [2.24, 2.45) is 4.99 Å². The third kappa shape index (κ3) is 6.27. The lowest BCUT2D eigenvalue weighted by Gasteiger charge is -2.41. The van der Waals surface area contributed by atoms with Gasteiger partial charge >= 0.3 is 0 Å². The van der Waals surface area contributed by atoms with Gasteiger partial charge in [-0.15, -0.1) is 24.0 Å². The summed E-state index contributed by atoms with van der Waals surface area (Å²) in [5.41, 5.74) is 0. The minimum Gasteiger partial charge on any atom is -0.353 e. The molecule has 0 aromatic rings. The molecule has 2 saturated carbocycles. The van der Waals surface area contributed by atoms with Gasteiger partial charge < -0.3 is 15.1 Å². The first-order chi connectivity index (χ1) is 11.6. The molecular weight excluding hydrogens is 429 g/mol. The molecule has 25 heavy (non-hydrogen) atoms. The standard InChI is InChI=1S/C18H33N5O.HI/c1-21(2)17(24)14-19-18(20-15-8-9-15)23-12-10-22(11-13-23)16-6-4-3-5-7-16;/h15-16H,3-14H2,1-2H3,(H,19,20);1H. The summed E-state index contributed by atoms with van der Waals surface area (Å²) in [6, 6.07) is 1.36. The fourth-order valence-electron chi connectivity index (χ4n) is 3.68. The lowest BCUT2D eigenvalue weighted by molar-refractivity contribution is -0.127. The van der Waals surface area contributed by atoms with Crippen molar-refractivity contribution in [2.75, 3.05) is 46.8 Å². The number of halogens is 1. The first-order valence-corrected chi connectivity index (χ1v) is 9.63. The Bertz CT molecular complexity index is 452. The van der Waals surface area contributed by atoms with Gasteiger partial charge in [0.1, 0.15) is 6.54 Å². The van der Waals surface area contributed by atoms with E-state index in [1.807, 2.05) is 0 Å². The Labute approximate surface area is 169 Å². The number of hydrogen-bond acceptors (Lipinski definition) is 3. The van der Waals surface area contributed by atoms with E-state index < -0.39 is 0 Å². The Balaban J connectivity index is 0.00000225. The van der Waals surface area contributed by atoms with E-state index in [9.17, 15) is 4.79 Å². The molecule has 144 valence electrons. The van der Waals surface area contributed by atoms with Crippen LogP contribution < -0.4 is 5.32 Å². The predicted octanol–water partition coefficient (Wildman–Crippen LogP) is 1.75. The Hall–Kier alpha value is -0.570. The number of carbonyl (C=O) groups is 1. The van der Waals surface area contributed by atoms with Crippen molar-refractivity contribution < 1.29 is 4.79 Å². The lowest BCUT2D eigenvalue weighted by atomic mass is 9.94. The van der Waals surface area contributed by atoms with Gasteiger partial charge in [-0.3, -0.25) is 9.69 Å². The van der Waals surface area contributed by atoms with E-state index in [-0.39, 0.29) is 36.4 Å². The van der Waals surface area contributed by atoms with Crippen LogP contribution in [0.3, 0.4) is 0 Å². The van der Waals surface area contributed by atoms with Crippen molar-refractivity contribution in [1.29, 1.82) is 0 Å². The summed E-state index contributed by atoms with van der Waals surface area (Å²) in [6.45, 7) is 4.52. The van der Waals surface area contributed by atoms with E-state index in [0.717, 1.165) is 38.2 Å². The van der Waals surface area contributed by atoms with Crippen LogP contribution in [0.4, 0.5) is 0 Å². The number of amides is 1. The topological polar surface area (TPSA) is 51.2 Å². The van der Waals surface area contributed by atoms with Crippen LogP contribution in [0.15, 0.2) is 4.99 Å². The Kier molecular flexibility index (Phi) is 8.25. The molecule has 0 aromatic heterocycles. The number of hydrogen-bond donors (Lipinski definition) is 1. The molecule has 0 unspecified atom stereocenters. The zero-order valence-electron chi connectivity index (χ0n) is 15.7. The number of carbonyl (C=O) groups excluding carboxylic acids is 1. The molecule has 1 heterocycles. The van der Waals surface area contributed by atoms with Crippen molar-refractivity contribution in [3.8, 4) is 0 Å². The summed E-state index contributed by atoms with van der Waals surface area (Å²) in [7, 11) is 3.57. The highest BCUT2D eigenvalue weighted by atomic mass is 127. The van der Waals surface area contributed by atoms with Gasteiger partial charge in [-0.2, -0.15) is 0 Å². The Morgan fingerprint density at radius 2 is 1.68 bits per heavy atom. The predicted molar refractivity (Wildman–Crippen MR) is 113 cm³/mol. The number of rotatable bonds is 4. The number of aliphatic imine (C=N–C) groups is 1. The van der Waals surface area contributed by atoms with Gasteiger partial charge in [0, 0.05) is 52.4 Å². The zero-order valence-corrected chi connectivity index (χ0v) is 18.1. The first kappa shape index (κ1) is 20.7. The molecule has 3 rings (SSSR count). The van der Waals surface area contributed by atoms with Crippen molar-refractivity contribution >= 4 is 35.8 Å². The average molecular weight is 463 g/mol. The fourth-order valence-corrected chi connectivity index (χ4v) is 3.68. The third-order valence-corrected chi connectivity index (χ3v) is 5.48. The molecule has 2 aliphatic carbocycles. The van der Waals surface area contributed by atoms with Gasteiger partial charge in [0.25, 0.3) is 0 Å². The van der Waals surface area contributed by atoms with Crippen LogP contribution in [0.2, 0.25) is 0 Å².